The Hall–Kier alpha value is -3.42. The molecule has 8 heteroatoms. The van der Waals surface area contributed by atoms with E-state index in [1.54, 1.807) is 26.0 Å². The maximum atomic E-state index is 12.9. The zero-order valence-corrected chi connectivity index (χ0v) is 16.9. The molecule has 0 radical (unpaired) electrons. The van der Waals surface area contributed by atoms with Crippen molar-refractivity contribution in [3.63, 3.8) is 0 Å². The van der Waals surface area contributed by atoms with Gasteiger partial charge >= 0.3 is 12.1 Å². The van der Waals surface area contributed by atoms with E-state index >= 15 is 0 Å². The molecule has 7 nitrogen and oxygen atoms in total. The van der Waals surface area contributed by atoms with E-state index < -0.39 is 30.6 Å². The van der Waals surface area contributed by atoms with Crippen LogP contribution in [-0.2, 0) is 32.2 Å². The monoisotopic (exact) mass is 416 g/mol. The first kappa shape index (κ1) is 22.9. The Morgan fingerprint density at radius 3 is 2.23 bits per heavy atom. The highest BCUT2D eigenvalue weighted by molar-refractivity contribution is 5.84. The van der Waals surface area contributed by atoms with Gasteiger partial charge in [-0.3, -0.25) is 4.79 Å². The topological polar surface area (TPSA) is 93.7 Å². The number of carbonyl (C=O) groups excluding carboxylic acids is 3. The normalized spacial score (nSPS) is 11.5. The summed E-state index contributed by atoms with van der Waals surface area (Å²) in [4.78, 5) is 36.2. The van der Waals surface area contributed by atoms with E-state index in [2.05, 4.69) is 10.6 Å². The number of carbonyl (C=O) groups is 3. The van der Waals surface area contributed by atoms with E-state index in [1.807, 2.05) is 30.3 Å². The highest BCUT2D eigenvalue weighted by atomic mass is 19.1. The Morgan fingerprint density at radius 2 is 1.60 bits per heavy atom. The quantitative estimate of drug-likeness (QED) is 0.613. The van der Waals surface area contributed by atoms with Crippen LogP contribution in [0.1, 0.15) is 25.0 Å². The molecule has 1 atom stereocenters. The minimum absolute atomic E-state index is 0.0678. The third-order valence-electron chi connectivity index (χ3n) is 4.16. The number of nitrogens with one attached hydrogen (secondary N) is 2. The fourth-order valence-corrected chi connectivity index (χ4v) is 2.47. The van der Waals surface area contributed by atoms with Crippen molar-refractivity contribution in [2.45, 2.75) is 33.0 Å². The smallest absolute Gasteiger partial charge is 0.408 e. The lowest BCUT2D eigenvalue weighted by atomic mass is 10.1. The van der Waals surface area contributed by atoms with E-state index in [9.17, 15) is 18.8 Å². The number of benzene rings is 2. The standard InChI is InChI=1S/C22H25FN2O5/c1-15(2)20(25-22(28)30-13-17-6-4-3-5-7-17)21(27)29-14-19(26)24-12-16-8-10-18(23)11-9-16/h3-11,15,20H,12-14H2,1-2H3,(H,24,26)(H,25,28)/t20-/m0/s1. The molecule has 0 aliphatic heterocycles. The van der Waals surface area contributed by atoms with Crippen molar-refractivity contribution in [3.8, 4) is 0 Å². The van der Waals surface area contributed by atoms with Gasteiger partial charge in [0.15, 0.2) is 6.61 Å². The SMILES string of the molecule is CC(C)[C@H](NC(=O)OCc1ccccc1)C(=O)OCC(=O)NCc1ccc(F)cc1. The van der Waals surface area contributed by atoms with Crippen molar-refractivity contribution in [1.29, 1.82) is 0 Å². The number of ether oxygens (including phenoxy) is 2. The Morgan fingerprint density at radius 1 is 0.933 bits per heavy atom. The molecule has 2 N–H and O–H groups in total. The third kappa shape index (κ3) is 7.90. The van der Waals surface area contributed by atoms with Crippen molar-refractivity contribution >= 4 is 18.0 Å². The summed E-state index contributed by atoms with van der Waals surface area (Å²) in [6.45, 7) is 3.21. The maximum absolute atomic E-state index is 12.9. The number of amides is 2. The second-order valence-electron chi connectivity index (χ2n) is 6.94. The van der Waals surface area contributed by atoms with Gasteiger partial charge in [0.1, 0.15) is 18.5 Å². The molecule has 0 aliphatic carbocycles. The lowest BCUT2D eigenvalue weighted by Gasteiger charge is -2.20. The van der Waals surface area contributed by atoms with Gasteiger partial charge in [-0.1, -0.05) is 56.3 Å². The van der Waals surface area contributed by atoms with E-state index in [-0.39, 0.29) is 24.9 Å². The molecule has 0 aliphatic rings. The lowest BCUT2D eigenvalue weighted by molar-refractivity contribution is -0.151. The van der Waals surface area contributed by atoms with Gasteiger partial charge in [0.05, 0.1) is 0 Å². The molecule has 0 aromatic heterocycles. The van der Waals surface area contributed by atoms with Crippen LogP contribution in [0.15, 0.2) is 54.6 Å². The van der Waals surface area contributed by atoms with Crippen LogP contribution in [-0.4, -0.2) is 30.6 Å². The first-order valence-electron chi connectivity index (χ1n) is 9.50. The summed E-state index contributed by atoms with van der Waals surface area (Å²) >= 11 is 0. The molecule has 160 valence electrons. The number of alkyl carbamates (subject to hydrolysis) is 1. The highest BCUT2D eigenvalue weighted by Crippen LogP contribution is 2.06. The molecule has 2 rings (SSSR count). The lowest BCUT2D eigenvalue weighted by Crippen LogP contribution is -2.46. The summed E-state index contributed by atoms with van der Waals surface area (Å²) < 4.78 is 23.0. The largest absolute Gasteiger partial charge is 0.454 e. The Balaban J connectivity index is 1.76. The summed E-state index contributed by atoms with van der Waals surface area (Å²) in [6.07, 6.45) is -0.754. The summed E-state index contributed by atoms with van der Waals surface area (Å²) in [7, 11) is 0. The number of hydrogen-bond acceptors (Lipinski definition) is 5. The van der Waals surface area contributed by atoms with Crippen LogP contribution in [0, 0.1) is 11.7 Å². The van der Waals surface area contributed by atoms with Crippen LogP contribution in [0.3, 0.4) is 0 Å². The second kappa shape index (κ2) is 11.5. The van der Waals surface area contributed by atoms with Crippen LogP contribution in [0.4, 0.5) is 9.18 Å². The predicted molar refractivity (Wildman–Crippen MR) is 108 cm³/mol. The van der Waals surface area contributed by atoms with Gasteiger partial charge < -0.3 is 20.1 Å². The highest BCUT2D eigenvalue weighted by Gasteiger charge is 2.27. The fraction of sp³-hybridized carbons (Fsp3) is 0.318. The number of halogens is 1. The Kier molecular flexibility index (Phi) is 8.80. The first-order valence-corrected chi connectivity index (χ1v) is 9.50. The average Bonchev–Trinajstić information content (AvgIpc) is 2.74. The molecule has 0 spiro atoms. The first-order chi connectivity index (χ1) is 14.3. The molecule has 2 aromatic rings. The minimum atomic E-state index is -0.960. The number of esters is 1. The third-order valence-corrected chi connectivity index (χ3v) is 4.16. The maximum Gasteiger partial charge on any atom is 0.408 e. The molecule has 2 amide bonds. The minimum Gasteiger partial charge on any atom is -0.454 e. The average molecular weight is 416 g/mol. The Labute approximate surface area is 174 Å². The molecule has 0 heterocycles. The van der Waals surface area contributed by atoms with Crippen LogP contribution >= 0.6 is 0 Å². The van der Waals surface area contributed by atoms with Crippen LogP contribution in [0.25, 0.3) is 0 Å². The van der Waals surface area contributed by atoms with Crippen molar-refractivity contribution in [3.05, 3.63) is 71.5 Å². The van der Waals surface area contributed by atoms with Gasteiger partial charge in [-0.25, -0.2) is 14.0 Å². The van der Waals surface area contributed by atoms with Crippen molar-refractivity contribution in [2.75, 3.05) is 6.61 Å². The van der Waals surface area contributed by atoms with Crippen molar-refractivity contribution in [2.24, 2.45) is 5.92 Å². The summed E-state index contributed by atoms with van der Waals surface area (Å²) in [5.74, 6) is -1.89. The summed E-state index contributed by atoms with van der Waals surface area (Å²) in [5.41, 5.74) is 1.52. The predicted octanol–water partition coefficient (Wildman–Crippen LogP) is 2.94. The van der Waals surface area contributed by atoms with Gasteiger partial charge in [0.25, 0.3) is 5.91 Å². The van der Waals surface area contributed by atoms with E-state index in [0.717, 1.165) is 5.56 Å². The molecule has 30 heavy (non-hydrogen) atoms. The van der Waals surface area contributed by atoms with Gasteiger partial charge in [-0.2, -0.15) is 0 Å². The number of hydrogen-bond donors (Lipinski definition) is 2. The van der Waals surface area contributed by atoms with E-state index in [0.29, 0.717) is 5.56 Å². The molecular formula is C22H25FN2O5. The van der Waals surface area contributed by atoms with Crippen molar-refractivity contribution < 1.29 is 28.2 Å². The summed E-state index contributed by atoms with van der Waals surface area (Å²) in [6, 6.07) is 13.8. The van der Waals surface area contributed by atoms with E-state index in [4.69, 9.17) is 9.47 Å². The van der Waals surface area contributed by atoms with Gasteiger partial charge in [0, 0.05) is 6.54 Å². The molecule has 2 aromatic carbocycles. The molecule has 0 saturated heterocycles. The molecule has 0 fully saturated rings. The molecule has 0 bridgehead atoms. The van der Waals surface area contributed by atoms with Crippen LogP contribution in [0.5, 0.6) is 0 Å². The molecular weight excluding hydrogens is 391 g/mol. The Bertz CT molecular complexity index is 840. The number of rotatable bonds is 9. The fourth-order valence-electron chi connectivity index (χ4n) is 2.47. The second-order valence-corrected chi connectivity index (χ2v) is 6.94. The van der Waals surface area contributed by atoms with Gasteiger partial charge in [0.2, 0.25) is 0 Å². The van der Waals surface area contributed by atoms with Gasteiger partial charge in [-0.15, -0.1) is 0 Å². The van der Waals surface area contributed by atoms with Crippen molar-refractivity contribution in [1.82, 2.24) is 10.6 Å². The van der Waals surface area contributed by atoms with Crippen LogP contribution < -0.4 is 10.6 Å². The zero-order valence-electron chi connectivity index (χ0n) is 16.9. The van der Waals surface area contributed by atoms with Gasteiger partial charge in [-0.05, 0) is 29.2 Å². The molecule has 0 unspecified atom stereocenters. The van der Waals surface area contributed by atoms with E-state index in [1.165, 1.54) is 12.1 Å². The zero-order chi connectivity index (χ0) is 21.9. The van der Waals surface area contributed by atoms with Crippen LogP contribution in [0.2, 0.25) is 0 Å². The molecule has 0 saturated carbocycles. The summed E-state index contributed by atoms with van der Waals surface area (Å²) in [5, 5.41) is 5.04.